The minimum absolute atomic E-state index is 0. The van der Waals surface area contributed by atoms with Crippen LogP contribution in [-0.4, -0.2) is 48.4 Å². The van der Waals surface area contributed by atoms with Crippen molar-refractivity contribution in [2.24, 2.45) is 11.7 Å². The number of likely N-dealkylation sites (tertiary alicyclic amines) is 1. The Bertz CT molecular complexity index is 607. The average molecular weight is 387 g/mol. The van der Waals surface area contributed by atoms with Gasteiger partial charge in [-0.15, -0.1) is 12.4 Å². The molecule has 25 heavy (non-hydrogen) atoms. The minimum Gasteiger partial charge on any atom is -0.381 e. The highest BCUT2D eigenvalue weighted by Gasteiger charge is 2.40. The van der Waals surface area contributed by atoms with Crippen molar-refractivity contribution < 1.29 is 14.3 Å². The number of halogens is 2. The monoisotopic (exact) mass is 386 g/mol. The third-order valence-corrected chi connectivity index (χ3v) is 5.34. The van der Waals surface area contributed by atoms with Crippen LogP contribution in [-0.2, 0) is 9.53 Å². The Kier molecular flexibility index (Phi) is 6.86. The zero-order valence-corrected chi connectivity index (χ0v) is 15.7. The van der Waals surface area contributed by atoms with E-state index >= 15 is 0 Å². The first-order valence-corrected chi connectivity index (χ1v) is 8.83. The van der Waals surface area contributed by atoms with Crippen LogP contribution in [0.25, 0.3) is 0 Å². The van der Waals surface area contributed by atoms with Gasteiger partial charge in [-0.3, -0.25) is 9.59 Å². The van der Waals surface area contributed by atoms with Crippen LogP contribution >= 0.6 is 24.0 Å². The number of ketones is 1. The molecule has 0 aromatic heterocycles. The molecule has 0 spiro atoms. The summed E-state index contributed by atoms with van der Waals surface area (Å²) >= 11 is 5.87. The molecule has 0 bridgehead atoms. The summed E-state index contributed by atoms with van der Waals surface area (Å²) < 4.78 is 5.30. The maximum Gasteiger partial charge on any atom is 0.242 e. The molecule has 0 saturated carbocycles. The molecule has 0 radical (unpaired) electrons. The van der Waals surface area contributed by atoms with E-state index in [4.69, 9.17) is 22.1 Å². The first-order valence-electron chi connectivity index (χ1n) is 8.45. The number of nitrogens with zero attached hydrogens (tertiary/aromatic N) is 1. The Labute approximate surface area is 159 Å². The Morgan fingerprint density at radius 3 is 2.24 bits per heavy atom. The van der Waals surface area contributed by atoms with Gasteiger partial charge in [0.15, 0.2) is 5.78 Å². The first kappa shape index (κ1) is 20.2. The molecule has 2 aliphatic heterocycles. The lowest BCUT2D eigenvalue weighted by molar-refractivity contribution is -0.141. The number of amides is 1. The van der Waals surface area contributed by atoms with E-state index in [1.165, 1.54) is 0 Å². The van der Waals surface area contributed by atoms with Crippen LogP contribution in [0.2, 0.25) is 5.02 Å². The van der Waals surface area contributed by atoms with Crippen LogP contribution in [0.1, 0.15) is 36.0 Å². The lowest BCUT2D eigenvalue weighted by Gasteiger charge is -2.39. The lowest BCUT2D eigenvalue weighted by atomic mass is 9.86. The van der Waals surface area contributed by atoms with Gasteiger partial charge in [0, 0.05) is 42.8 Å². The second kappa shape index (κ2) is 8.49. The fourth-order valence-electron chi connectivity index (χ4n) is 3.46. The fraction of sp³-hybridized carbons (Fsp3) is 0.556. The number of carbonyl (C=O) groups excluding carboxylic acids is 2. The van der Waals surface area contributed by atoms with E-state index in [1.54, 1.807) is 24.3 Å². The van der Waals surface area contributed by atoms with Gasteiger partial charge in [0.2, 0.25) is 5.91 Å². The minimum atomic E-state index is -0.800. The number of hydrogen-bond acceptors (Lipinski definition) is 4. The molecule has 1 aromatic carbocycles. The topological polar surface area (TPSA) is 72.6 Å². The van der Waals surface area contributed by atoms with Crippen LogP contribution in [0.15, 0.2) is 24.3 Å². The number of ether oxygens (including phenoxy) is 1. The standard InChI is InChI=1S/C18H23ClN2O3.ClH/c19-15-3-1-13(2-4-15)16(22)14-5-9-21(10-6-14)17(23)18(20)7-11-24-12-8-18;/h1-4,14H,5-12,20H2;1H. The third-order valence-electron chi connectivity index (χ3n) is 5.09. The van der Waals surface area contributed by atoms with E-state index in [9.17, 15) is 9.59 Å². The second-order valence-corrected chi connectivity index (χ2v) is 7.14. The summed E-state index contributed by atoms with van der Waals surface area (Å²) in [4.78, 5) is 27.1. The van der Waals surface area contributed by atoms with E-state index in [-0.39, 0.29) is 30.0 Å². The van der Waals surface area contributed by atoms with Crippen LogP contribution < -0.4 is 5.73 Å². The predicted octanol–water partition coefficient (Wildman–Crippen LogP) is 2.69. The number of piperidine rings is 1. The van der Waals surface area contributed by atoms with Crippen molar-refractivity contribution in [3.8, 4) is 0 Å². The molecule has 7 heteroatoms. The highest BCUT2D eigenvalue weighted by Crippen LogP contribution is 2.26. The largest absolute Gasteiger partial charge is 0.381 e. The van der Waals surface area contributed by atoms with Crippen LogP contribution in [0.3, 0.4) is 0 Å². The molecule has 138 valence electrons. The van der Waals surface area contributed by atoms with Gasteiger partial charge in [-0.1, -0.05) is 11.6 Å². The zero-order chi connectivity index (χ0) is 17.2. The van der Waals surface area contributed by atoms with Gasteiger partial charge >= 0.3 is 0 Å². The Hall–Kier alpha value is -1.14. The van der Waals surface area contributed by atoms with Gasteiger partial charge in [0.1, 0.15) is 0 Å². The van der Waals surface area contributed by atoms with Crippen LogP contribution in [0.5, 0.6) is 0 Å². The van der Waals surface area contributed by atoms with Crippen molar-refractivity contribution in [1.82, 2.24) is 4.90 Å². The zero-order valence-electron chi connectivity index (χ0n) is 14.1. The fourth-order valence-corrected chi connectivity index (χ4v) is 3.59. The number of nitrogens with two attached hydrogens (primary N) is 1. The molecule has 2 aliphatic rings. The molecule has 2 fully saturated rings. The van der Waals surface area contributed by atoms with Gasteiger partial charge in [-0.25, -0.2) is 0 Å². The Morgan fingerprint density at radius 1 is 1.12 bits per heavy atom. The molecular formula is C18H24Cl2N2O3. The SMILES string of the molecule is Cl.NC1(C(=O)N2CCC(C(=O)c3ccc(Cl)cc3)CC2)CCOCC1. The summed E-state index contributed by atoms with van der Waals surface area (Å²) in [6.45, 7) is 2.24. The summed E-state index contributed by atoms with van der Waals surface area (Å²) in [5, 5.41) is 0.622. The number of Topliss-reactive ketones (excluding diaryl/α,β-unsaturated/α-hetero) is 1. The van der Waals surface area contributed by atoms with Crippen LogP contribution in [0.4, 0.5) is 0 Å². The molecule has 0 unspecified atom stereocenters. The van der Waals surface area contributed by atoms with Crippen molar-refractivity contribution in [1.29, 1.82) is 0 Å². The van der Waals surface area contributed by atoms with E-state index in [0.29, 0.717) is 62.6 Å². The Balaban J connectivity index is 0.00000225. The average Bonchev–Trinajstić information content (AvgIpc) is 2.62. The first-order chi connectivity index (χ1) is 11.5. The van der Waals surface area contributed by atoms with Crippen molar-refractivity contribution in [2.45, 2.75) is 31.2 Å². The lowest BCUT2D eigenvalue weighted by Crippen LogP contribution is -2.59. The summed E-state index contributed by atoms with van der Waals surface area (Å²) in [5.41, 5.74) is 6.17. The highest BCUT2D eigenvalue weighted by molar-refractivity contribution is 6.30. The molecule has 3 rings (SSSR count). The molecular weight excluding hydrogens is 363 g/mol. The smallest absolute Gasteiger partial charge is 0.242 e. The van der Waals surface area contributed by atoms with Gasteiger partial charge in [-0.2, -0.15) is 0 Å². The van der Waals surface area contributed by atoms with Gasteiger partial charge in [0.05, 0.1) is 5.54 Å². The highest BCUT2D eigenvalue weighted by atomic mass is 35.5. The van der Waals surface area contributed by atoms with Crippen molar-refractivity contribution in [2.75, 3.05) is 26.3 Å². The maximum atomic E-state index is 12.7. The molecule has 0 aliphatic carbocycles. The third kappa shape index (κ3) is 4.53. The van der Waals surface area contributed by atoms with Gasteiger partial charge < -0.3 is 15.4 Å². The van der Waals surface area contributed by atoms with E-state index in [0.717, 1.165) is 0 Å². The molecule has 1 aromatic rings. The molecule has 2 saturated heterocycles. The molecule has 1 amide bonds. The molecule has 2 N–H and O–H groups in total. The summed E-state index contributed by atoms with van der Waals surface area (Å²) in [6, 6.07) is 6.99. The van der Waals surface area contributed by atoms with E-state index in [2.05, 4.69) is 0 Å². The summed E-state index contributed by atoms with van der Waals surface area (Å²) in [5.74, 6) is 0.0918. The summed E-state index contributed by atoms with van der Waals surface area (Å²) in [7, 11) is 0. The molecule has 2 heterocycles. The van der Waals surface area contributed by atoms with Crippen LogP contribution in [0, 0.1) is 5.92 Å². The normalized spacial score (nSPS) is 20.6. The number of carbonyl (C=O) groups is 2. The van der Waals surface area contributed by atoms with Gasteiger partial charge in [-0.05, 0) is 49.9 Å². The summed E-state index contributed by atoms with van der Waals surface area (Å²) in [6.07, 6.45) is 2.49. The van der Waals surface area contributed by atoms with Crippen molar-refractivity contribution in [3.63, 3.8) is 0 Å². The predicted molar refractivity (Wildman–Crippen MR) is 99.3 cm³/mol. The van der Waals surface area contributed by atoms with Gasteiger partial charge in [0.25, 0.3) is 0 Å². The van der Waals surface area contributed by atoms with Crippen molar-refractivity contribution >= 4 is 35.7 Å². The maximum absolute atomic E-state index is 12.7. The molecule has 0 atom stereocenters. The second-order valence-electron chi connectivity index (χ2n) is 6.71. The number of hydrogen-bond donors (Lipinski definition) is 1. The quantitative estimate of drug-likeness (QED) is 0.810. The number of benzene rings is 1. The Morgan fingerprint density at radius 2 is 1.68 bits per heavy atom. The van der Waals surface area contributed by atoms with Crippen molar-refractivity contribution in [3.05, 3.63) is 34.9 Å². The van der Waals surface area contributed by atoms with E-state index in [1.807, 2.05) is 4.90 Å². The van der Waals surface area contributed by atoms with E-state index < -0.39 is 5.54 Å². The number of rotatable bonds is 3. The molecule has 5 nitrogen and oxygen atoms in total.